The molecule has 1 aromatic heterocycles. The molecule has 1 heterocycles. The molecule has 2 rings (SSSR count). The van der Waals surface area contributed by atoms with E-state index in [1.807, 2.05) is 6.07 Å². The quantitative estimate of drug-likeness (QED) is 0.708. The van der Waals surface area contributed by atoms with Gasteiger partial charge in [-0.3, -0.25) is 4.90 Å². The Kier molecular flexibility index (Phi) is 5.67. The Bertz CT molecular complexity index is 366. The highest BCUT2D eigenvalue weighted by Crippen LogP contribution is 2.34. The standard InChI is InChI=1S/C17H30N2O/c1-4-17(5-2,13-18-6-3)14-19(15-9-10-15)12-16-8-7-11-20-16/h7-8,11,15,18H,4-6,9-10,12-14H2,1-3H3. The molecule has 1 aliphatic carbocycles. The van der Waals surface area contributed by atoms with Gasteiger partial charge >= 0.3 is 0 Å². The normalized spacial score (nSPS) is 16.0. The van der Waals surface area contributed by atoms with Crippen molar-refractivity contribution in [3.63, 3.8) is 0 Å². The highest BCUT2D eigenvalue weighted by atomic mass is 16.3. The maximum atomic E-state index is 5.55. The summed E-state index contributed by atoms with van der Waals surface area (Å²) in [6, 6.07) is 4.87. The number of hydrogen-bond acceptors (Lipinski definition) is 3. The molecule has 0 aliphatic heterocycles. The summed E-state index contributed by atoms with van der Waals surface area (Å²) in [7, 11) is 0. The van der Waals surface area contributed by atoms with E-state index in [0.717, 1.165) is 31.4 Å². The zero-order chi connectivity index (χ0) is 14.4. The van der Waals surface area contributed by atoms with Gasteiger partial charge in [0.2, 0.25) is 0 Å². The maximum Gasteiger partial charge on any atom is 0.117 e. The number of nitrogens with zero attached hydrogens (tertiary/aromatic N) is 1. The van der Waals surface area contributed by atoms with Gasteiger partial charge < -0.3 is 9.73 Å². The van der Waals surface area contributed by atoms with E-state index in [-0.39, 0.29) is 0 Å². The van der Waals surface area contributed by atoms with E-state index in [1.165, 1.54) is 32.2 Å². The lowest BCUT2D eigenvalue weighted by Gasteiger charge is -2.37. The predicted octanol–water partition coefficient (Wildman–Crippen LogP) is 3.66. The van der Waals surface area contributed by atoms with Crippen LogP contribution in [0.15, 0.2) is 22.8 Å². The molecule has 0 aromatic carbocycles. The molecule has 20 heavy (non-hydrogen) atoms. The fourth-order valence-electron chi connectivity index (χ4n) is 2.96. The molecule has 0 atom stereocenters. The SMILES string of the molecule is CCNCC(CC)(CC)CN(Cc1ccco1)C1CC1. The Labute approximate surface area is 123 Å². The first kappa shape index (κ1) is 15.6. The summed E-state index contributed by atoms with van der Waals surface area (Å²) < 4.78 is 5.55. The lowest BCUT2D eigenvalue weighted by molar-refractivity contribution is 0.116. The van der Waals surface area contributed by atoms with Crippen LogP contribution >= 0.6 is 0 Å². The zero-order valence-electron chi connectivity index (χ0n) is 13.3. The van der Waals surface area contributed by atoms with Gasteiger partial charge in [-0.25, -0.2) is 0 Å². The largest absolute Gasteiger partial charge is 0.468 e. The monoisotopic (exact) mass is 278 g/mol. The second kappa shape index (κ2) is 7.28. The first-order valence-electron chi connectivity index (χ1n) is 8.20. The molecule has 0 bridgehead atoms. The van der Waals surface area contributed by atoms with Crippen molar-refractivity contribution in [1.29, 1.82) is 0 Å². The van der Waals surface area contributed by atoms with Gasteiger partial charge in [0, 0.05) is 19.1 Å². The summed E-state index contributed by atoms with van der Waals surface area (Å²) in [5.74, 6) is 1.10. The van der Waals surface area contributed by atoms with Crippen LogP contribution in [0.2, 0.25) is 0 Å². The molecule has 0 unspecified atom stereocenters. The predicted molar refractivity (Wildman–Crippen MR) is 83.7 cm³/mol. The van der Waals surface area contributed by atoms with Gasteiger partial charge in [-0.1, -0.05) is 20.8 Å². The highest BCUT2D eigenvalue weighted by molar-refractivity contribution is 5.01. The molecule has 0 amide bonds. The molecule has 0 radical (unpaired) electrons. The van der Waals surface area contributed by atoms with E-state index in [4.69, 9.17) is 4.42 Å². The Morgan fingerprint density at radius 1 is 1.30 bits per heavy atom. The Hall–Kier alpha value is -0.800. The molecule has 1 N–H and O–H groups in total. The van der Waals surface area contributed by atoms with Crippen molar-refractivity contribution >= 4 is 0 Å². The highest BCUT2D eigenvalue weighted by Gasteiger charge is 2.36. The van der Waals surface area contributed by atoms with E-state index in [1.54, 1.807) is 6.26 Å². The molecule has 1 fully saturated rings. The van der Waals surface area contributed by atoms with Crippen LogP contribution < -0.4 is 5.32 Å². The second-order valence-electron chi connectivity index (χ2n) is 6.20. The molecule has 1 aromatic rings. The minimum absolute atomic E-state index is 0.394. The van der Waals surface area contributed by atoms with E-state index in [9.17, 15) is 0 Å². The molecule has 1 aliphatic rings. The van der Waals surface area contributed by atoms with E-state index in [2.05, 4.69) is 37.1 Å². The minimum Gasteiger partial charge on any atom is -0.468 e. The topological polar surface area (TPSA) is 28.4 Å². The third-order valence-corrected chi connectivity index (χ3v) is 4.79. The molecular formula is C17H30N2O. The summed E-state index contributed by atoms with van der Waals surface area (Å²) in [4.78, 5) is 2.64. The van der Waals surface area contributed by atoms with Crippen LogP contribution in [0.25, 0.3) is 0 Å². The molecule has 3 nitrogen and oxygen atoms in total. The summed E-state index contributed by atoms with van der Waals surface area (Å²) in [5.41, 5.74) is 0.394. The summed E-state index contributed by atoms with van der Waals surface area (Å²) in [5, 5.41) is 3.56. The van der Waals surface area contributed by atoms with Crippen LogP contribution in [0.1, 0.15) is 52.2 Å². The number of furan rings is 1. The van der Waals surface area contributed by atoms with Crippen LogP contribution in [0.5, 0.6) is 0 Å². The third kappa shape index (κ3) is 4.10. The van der Waals surface area contributed by atoms with Crippen molar-refractivity contribution in [1.82, 2.24) is 10.2 Å². The Balaban J connectivity index is 2.00. The van der Waals surface area contributed by atoms with Crippen LogP contribution in [0, 0.1) is 5.41 Å². The minimum atomic E-state index is 0.394. The Morgan fingerprint density at radius 2 is 2.05 bits per heavy atom. The van der Waals surface area contributed by atoms with Crippen molar-refractivity contribution in [2.45, 2.75) is 59.0 Å². The van der Waals surface area contributed by atoms with Gasteiger partial charge in [0.05, 0.1) is 12.8 Å². The fraction of sp³-hybridized carbons (Fsp3) is 0.765. The second-order valence-corrected chi connectivity index (χ2v) is 6.20. The van der Waals surface area contributed by atoms with Crippen molar-refractivity contribution in [2.24, 2.45) is 5.41 Å². The lowest BCUT2D eigenvalue weighted by Crippen LogP contribution is -2.44. The molecule has 114 valence electrons. The number of rotatable bonds is 10. The average Bonchev–Trinajstić information content (AvgIpc) is 3.21. The first-order chi connectivity index (χ1) is 9.73. The molecule has 1 saturated carbocycles. The molecule has 0 saturated heterocycles. The lowest BCUT2D eigenvalue weighted by atomic mass is 9.81. The van der Waals surface area contributed by atoms with Crippen molar-refractivity contribution in [3.8, 4) is 0 Å². The van der Waals surface area contributed by atoms with E-state index >= 15 is 0 Å². The van der Waals surface area contributed by atoms with Crippen molar-refractivity contribution < 1.29 is 4.42 Å². The fourth-order valence-corrected chi connectivity index (χ4v) is 2.96. The number of nitrogens with one attached hydrogen (secondary N) is 1. The van der Waals surface area contributed by atoms with Gasteiger partial charge in [-0.05, 0) is 49.8 Å². The summed E-state index contributed by atoms with van der Waals surface area (Å²) >= 11 is 0. The molecule has 0 spiro atoms. The summed E-state index contributed by atoms with van der Waals surface area (Å²) in [6.45, 7) is 11.2. The smallest absolute Gasteiger partial charge is 0.117 e. The first-order valence-corrected chi connectivity index (χ1v) is 8.20. The van der Waals surface area contributed by atoms with Crippen LogP contribution in [0.4, 0.5) is 0 Å². The molecule has 3 heteroatoms. The van der Waals surface area contributed by atoms with Crippen LogP contribution in [-0.4, -0.2) is 30.6 Å². The van der Waals surface area contributed by atoms with Gasteiger partial charge in [-0.15, -0.1) is 0 Å². The average molecular weight is 278 g/mol. The van der Waals surface area contributed by atoms with Crippen molar-refractivity contribution in [2.75, 3.05) is 19.6 Å². The van der Waals surface area contributed by atoms with E-state index < -0.39 is 0 Å². The zero-order valence-corrected chi connectivity index (χ0v) is 13.3. The Morgan fingerprint density at radius 3 is 2.55 bits per heavy atom. The summed E-state index contributed by atoms with van der Waals surface area (Å²) in [6.07, 6.45) is 6.96. The van der Waals surface area contributed by atoms with Crippen LogP contribution in [-0.2, 0) is 6.54 Å². The maximum absolute atomic E-state index is 5.55. The van der Waals surface area contributed by atoms with Crippen molar-refractivity contribution in [3.05, 3.63) is 24.2 Å². The van der Waals surface area contributed by atoms with Crippen LogP contribution in [0.3, 0.4) is 0 Å². The van der Waals surface area contributed by atoms with Gasteiger partial charge in [0.25, 0.3) is 0 Å². The third-order valence-electron chi connectivity index (χ3n) is 4.79. The number of hydrogen-bond donors (Lipinski definition) is 1. The molecular weight excluding hydrogens is 248 g/mol. The van der Waals surface area contributed by atoms with E-state index in [0.29, 0.717) is 5.41 Å². The van der Waals surface area contributed by atoms with Gasteiger partial charge in [-0.2, -0.15) is 0 Å². The van der Waals surface area contributed by atoms with Gasteiger partial charge in [0.15, 0.2) is 0 Å². The van der Waals surface area contributed by atoms with Gasteiger partial charge in [0.1, 0.15) is 5.76 Å².